The lowest BCUT2D eigenvalue weighted by atomic mass is 10.0. The molecule has 4 heteroatoms. The maximum Gasteiger partial charge on any atom is 0.258 e. The van der Waals surface area contributed by atoms with E-state index in [2.05, 4.69) is 17.4 Å². The van der Waals surface area contributed by atoms with Crippen molar-refractivity contribution in [1.29, 1.82) is 0 Å². The van der Waals surface area contributed by atoms with Gasteiger partial charge in [-0.3, -0.25) is 4.79 Å². The van der Waals surface area contributed by atoms with Gasteiger partial charge in [-0.05, 0) is 24.1 Å². The molecule has 0 aromatic heterocycles. The number of para-hydroxylation sites is 1. The van der Waals surface area contributed by atoms with Gasteiger partial charge in [0.25, 0.3) is 5.91 Å². The highest BCUT2D eigenvalue weighted by Gasteiger charge is 2.09. The first-order chi connectivity index (χ1) is 10.7. The van der Waals surface area contributed by atoms with Crippen molar-refractivity contribution in [2.75, 3.05) is 13.2 Å². The molecule has 4 nitrogen and oxygen atoms in total. The van der Waals surface area contributed by atoms with Crippen molar-refractivity contribution >= 4 is 5.91 Å². The second kappa shape index (κ2) is 8.20. The van der Waals surface area contributed by atoms with E-state index in [0.717, 1.165) is 17.7 Å². The Morgan fingerprint density at radius 3 is 2.55 bits per heavy atom. The van der Waals surface area contributed by atoms with Crippen molar-refractivity contribution in [3.05, 3.63) is 65.7 Å². The minimum absolute atomic E-state index is 0.00383. The molecule has 2 aromatic carbocycles. The molecule has 0 spiro atoms. The second-order valence-electron chi connectivity index (χ2n) is 5.26. The van der Waals surface area contributed by atoms with Gasteiger partial charge in [0.2, 0.25) is 0 Å². The SMILES string of the molecule is C[C@@H](CN)NC(=O)COc1ccccc1Cc1ccccc1. The van der Waals surface area contributed by atoms with Gasteiger partial charge in [0.15, 0.2) is 6.61 Å². The van der Waals surface area contributed by atoms with E-state index in [1.54, 1.807) is 0 Å². The van der Waals surface area contributed by atoms with Gasteiger partial charge in [0, 0.05) is 19.0 Å². The number of ether oxygens (including phenoxy) is 1. The van der Waals surface area contributed by atoms with Crippen LogP contribution in [0.2, 0.25) is 0 Å². The molecule has 0 aliphatic carbocycles. The smallest absolute Gasteiger partial charge is 0.258 e. The number of rotatable bonds is 7. The van der Waals surface area contributed by atoms with Gasteiger partial charge in [-0.2, -0.15) is 0 Å². The Bertz CT molecular complexity index is 599. The van der Waals surface area contributed by atoms with Crippen LogP contribution in [0.1, 0.15) is 18.1 Å². The first-order valence-electron chi connectivity index (χ1n) is 7.43. The number of amides is 1. The van der Waals surface area contributed by atoms with E-state index in [4.69, 9.17) is 10.5 Å². The predicted octanol–water partition coefficient (Wildman–Crippen LogP) is 2.12. The summed E-state index contributed by atoms with van der Waals surface area (Å²) in [6, 6.07) is 17.9. The lowest BCUT2D eigenvalue weighted by molar-refractivity contribution is -0.123. The molecule has 0 radical (unpaired) electrons. The average molecular weight is 298 g/mol. The lowest BCUT2D eigenvalue weighted by Crippen LogP contribution is -2.40. The van der Waals surface area contributed by atoms with Crippen molar-refractivity contribution in [1.82, 2.24) is 5.32 Å². The molecule has 0 bridgehead atoms. The summed E-state index contributed by atoms with van der Waals surface area (Å²) in [5.74, 6) is 0.578. The molecule has 3 N–H and O–H groups in total. The molecule has 2 aromatic rings. The second-order valence-corrected chi connectivity index (χ2v) is 5.26. The molecular weight excluding hydrogens is 276 g/mol. The summed E-state index contributed by atoms with van der Waals surface area (Å²) in [4.78, 5) is 11.8. The summed E-state index contributed by atoms with van der Waals surface area (Å²) in [7, 11) is 0. The number of nitrogens with one attached hydrogen (secondary N) is 1. The van der Waals surface area contributed by atoms with E-state index in [1.807, 2.05) is 49.4 Å². The topological polar surface area (TPSA) is 64.3 Å². The van der Waals surface area contributed by atoms with Crippen LogP contribution in [0, 0.1) is 0 Å². The molecule has 22 heavy (non-hydrogen) atoms. The van der Waals surface area contributed by atoms with E-state index in [0.29, 0.717) is 6.54 Å². The number of hydrogen-bond acceptors (Lipinski definition) is 3. The minimum atomic E-state index is -0.160. The number of benzene rings is 2. The van der Waals surface area contributed by atoms with Crippen molar-refractivity contribution < 1.29 is 9.53 Å². The zero-order valence-corrected chi connectivity index (χ0v) is 12.8. The van der Waals surface area contributed by atoms with Crippen LogP contribution >= 0.6 is 0 Å². The fourth-order valence-corrected chi connectivity index (χ4v) is 2.13. The van der Waals surface area contributed by atoms with Crippen molar-refractivity contribution in [3.8, 4) is 5.75 Å². The Morgan fingerprint density at radius 2 is 1.82 bits per heavy atom. The molecule has 2 rings (SSSR count). The largest absolute Gasteiger partial charge is 0.483 e. The van der Waals surface area contributed by atoms with E-state index in [1.165, 1.54) is 5.56 Å². The van der Waals surface area contributed by atoms with Crippen molar-refractivity contribution in [2.45, 2.75) is 19.4 Å². The highest BCUT2D eigenvalue weighted by molar-refractivity contribution is 5.77. The summed E-state index contributed by atoms with van der Waals surface area (Å²) in [5, 5.41) is 2.78. The van der Waals surface area contributed by atoms with Crippen LogP contribution in [0.5, 0.6) is 5.75 Å². The van der Waals surface area contributed by atoms with E-state index >= 15 is 0 Å². The molecule has 116 valence electrons. The average Bonchev–Trinajstić information content (AvgIpc) is 2.55. The third-order valence-corrected chi connectivity index (χ3v) is 3.33. The number of hydrogen-bond donors (Lipinski definition) is 2. The summed E-state index contributed by atoms with van der Waals surface area (Å²) in [6.07, 6.45) is 0.776. The van der Waals surface area contributed by atoms with Gasteiger partial charge >= 0.3 is 0 Å². The molecule has 0 unspecified atom stereocenters. The highest BCUT2D eigenvalue weighted by Crippen LogP contribution is 2.21. The third kappa shape index (κ3) is 4.90. The van der Waals surface area contributed by atoms with Crippen LogP contribution in [0.3, 0.4) is 0 Å². The summed E-state index contributed by atoms with van der Waals surface area (Å²) < 4.78 is 5.66. The van der Waals surface area contributed by atoms with Gasteiger partial charge in [0.05, 0.1) is 0 Å². The van der Waals surface area contributed by atoms with Gasteiger partial charge in [-0.1, -0.05) is 48.5 Å². The molecule has 0 aliphatic rings. The number of carbonyl (C=O) groups excluding carboxylic acids is 1. The monoisotopic (exact) mass is 298 g/mol. The first kappa shape index (κ1) is 16.0. The van der Waals surface area contributed by atoms with Gasteiger partial charge in [0.1, 0.15) is 5.75 Å². The highest BCUT2D eigenvalue weighted by atomic mass is 16.5. The minimum Gasteiger partial charge on any atom is -0.483 e. The van der Waals surface area contributed by atoms with Crippen LogP contribution < -0.4 is 15.8 Å². The van der Waals surface area contributed by atoms with Crippen molar-refractivity contribution in [3.63, 3.8) is 0 Å². The first-order valence-corrected chi connectivity index (χ1v) is 7.43. The quantitative estimate of drug-likeness (QED) is 0.823. The molecule has 0 fully saturated rings. The van der Waals surface area contributed by atoms with Crippen LogP contribution in [-0.4, -0.2) is 25.1 Å². The lowest BCUT2D eigenvalue weighted by Gasteiger charge is -2.14. The Balaban J connectivity index is 1.98. The van der Waals surface area contributed by atoms with E-state index in [9.17, 15) is 4.79 Å². The van der Waals surface area contributed by atoms with Crippen LogP contribution in [-0.2, 0) is 11.2 Å². The molecule has 0 saturated carbocycles. The Morgan fingerprint density at radius 1 is 1.14 bits per heavy atom. The molecule has 1 amide bonds. The molecule has 0 heterocycles. The number of nitrogens with two attached hydrogens (primary N) is 1. The maximum atomic E-state index is 11.8. The fourth-order valence-electron chi connectivity index (χ4n) is 2.13. The van der Waals surface area contributed by atoms with Crippen LogP contribution in [0.15, 0.2) is 54.6 Å². The van der Waals surface area contributed by atoms with Gasteiger partial charge < -0.3 is 15.8 Å². The predicted molar refractivity (Wildman–Crippen MR) is 87.8 cm³/mol. The van der Waals surface area contributed by atoms with Crippen LogP contribution in [0.4, 0.5) is 0 Å². The van der Waals surface area contributed by atoms with E-state index < -0.39 is 0 Å². The summed E-state index contributed by atoms with van der Waals surface area (Å²) in [5.41, 5.74) is 7.75. The normalized spacial score (nSPS) is 11.7. The zero-order chi connectivity index (χ0) is 15.8. The van der Waals surface area contributed by atoms with Crippen LogP contribution in [0.25, 0.3) is 0 Å². The molecule has 0 aliphatic heterocycles. The molecule has 0 saturated heterocycles. The Kier molecular flexibility index (Phi) is 5.98. The third-order valence-electron chi connectivity index (χ3n) is 3.33. The van der Waals surface area contributed by atoms with Gasteiger partial charge in [-0.25, -0.2) is 0 Å². The molecule has 1 atom stereocenters. The summed E-state index contributed by atoms with van der Waals surface area (Å²) in [6.45, 7) is 2.27. The number of carbonyl (C=O) groups is 1. The fraction of sp³-hybridized carbons (Fsp3) is 0.278. The Hall–Kier alpha value is -2.33. The zero-order valence-electron chi connectivity index (χ0n) is 12.8. The van der Waals surface area contributed by atoms with Crippen molar-refractivity contribution in [2.24, 2.45) is 5.73 Å². The molecular formula is C18H22N2O2. The standard InChI is InChI=1S/C18H22N2O2/c1-14(12-19)20-18(21)13-22-17-10-6-5-9-16(17)11-15-7-3-2-4-8-15/h2-10,14H,11-13,19H2,1H3,(H,20,21)/t14-/m0/s1. The van der Waals surface area contributed by atoms with E-state index in [-0.39, 0.29) is 18.6 Å². The van der Waals surface area contributed by atoms with Gasteiger partial charge in [-0.15, -0.1) is 0 Å². The summed E-state index contributed by atoms with van der Waals surface area (Å²) >= 11 is 0. The Labute approximate surface area is 131 Å². The maximum absolute atomic E-state index is 11.8.